The molecular formula is C13H14FNO2S. The van der Waals surface area contributed by atoms with E-state index in [4.69, 9.17) is 0 Å². The minimum absolute atomic E-state index is 0.0145. The first-order chi connectivity index (χ1) is 8.49. The van der Waals surface area contributed by atoms with Gasteiger partial charge in [0, 0.05) is 25.1 Å². The quantitative estimate of drug-likeness (QED) is 0.826. The maximum Gasteiger partial charge on any atom is 0.228 e. The Hall–Kier alpha value is -1.36. The summed E-state index contributed by atoms with van der Waals surface area (Å²) in [6.45, 7) is 3.54. The molecule has 0 aliphatic carbocycles. The van der Waals surface area contributed by atoms with Crippen LogP contribution in [0.3, 0.4) is 0 Å². The zero-order chi connectivity index (χ0) is 13.3. The van der Waals surface area contributed by atoms with Gasteiger partial charge in [0.25, 0.3) is 0 Å². The van der Waals surface area contributed by atoms with Crippen LogP contribution in [0, 0.1) is 12.7 Å². The molecule has 0 N–H and O–H groups in total. The Bertz CT molecular complexity index is 504. The molecule has 1 atom stereocenters. The predicted octanol–water partition coefficient (Wildman–Crippen LogP) is 2.52. The van der Waals surface area contributed by atoms with Crippen LogP contribution in [0.15, 0.2) is 18.2 Å². The second-order valence-corrected chi connectivity index (χ2v) is 5.83. The standard InChI is InChI=1S/C13H14FNO2S/c1-8-4-3-5-11(13(8)14)15-7-10(6-12(15)17)18-9(2)16/h3-5,10H,6-7H2,1-2H3. The van der Waals surface area contributed by atoms with Gasteiger partial charge in [0.1, 0.15) is 5.82 Å². The summed E-state index contributed by atoms with van der Waals surface area (Å²) in [5, 5.41) is -0.0886. The summed E-state index contributed by atoms with van der Waals surface area (Å²) in [5.41, 5.74) is 0.828. The Kier molecular flexibility index (Phi) is 3.71. The first-order valence-corrected chi connectivity index (χ1v) is 6.59. The molecule has 0 aromatic heterocycles. The smallest absolute Gasteiger partial charge is 0.228 e. The largest absolute Gasteiger partial charge is 0.308 e. The van der Waals surface area contributed by atoms with Crippen molar-refractivity contribution in [2.75, 3.05) is 11.4 Å². The van der Waals surface area contributed by atoms with E-state index in [2.05, 4.69) is 0 Å². The van der Waals surface area contributed by atoms with E-state index in [0.29, 0.717) is 17.8 Å². The zero-order valence-electron chi connectivity index (χ0n) is 10.3. The number of rotatable bonds is 2. The molecular weight excluding hydrogens is 253 g/mol. The van der Waals surface area contributed by atoms with Crippen molar-refractivity contribution in [3.63, 3.8) is 0 Å². The number of hydrogen-bond acceptors (Lipinski definition) is 3. The summed E-state index contributed by atoms with van der Waals surface area (Å²) in [6, 6.07) is 4.99. The number of amides is 1. The van der Waals surface area contributed by atoms with Crippen LogP contribution in [0.2, 0.25) is 0 Å². The average molecular weight is 267 g/mol. The van der Waals surface area contributed by atoms with Crippen molar-refractivity contribution in [1.29, 1.82) is 0 Å². The number of carbonyl (C=O) groups excluding carboxylic acids is 2. The highest BCUT2D eigenvalue weighted by molar-refractivity contribution is 8.14. The highest BCUT2D eigenvalue weighted by Crippen LogP contribution is 2.30. The van der Waals surface area contributed by atoms with Gasteiger partial charge >= 0.3 is 0 Å². The molecule has 0 saturated carbocycles. The molecule has 96 valence electrons. The van der Waals surface area contributed by atoms with Crippen LogP contribution in [0.4, 0.5) is 10.1 Å². The zero-order valence-corrected chi connectivity index (χ0v) is 11.1. The average Bonchev–Trinajstić information content (AvgIpc) is 2.62. The van der Waals surface area contributed by atoms with Gasteiger partial charge in [-0.05, 0) is 18.6 Å². The van der Waals surface area contributed by atoms with E-state index in [1.165, 1.54) is 11.8 Å². The third-order valence-electron chi connectivity index (χ3n) is 2.88. The Balaban J connectivity index is 2.22. The molecule has 1 aliphatic heterocycles. The molecule has 0 radical (unpaired) electrons. The van der Waals surface area contributed by atoms with Crippen molar-refractivity contribution in [2.24, 2.45) is 0 Å². The second-order valence-electron chi connectivity index (χ2n) is 4.35. The number of carbonyl (C=O) groups is 2. The highest BCUT2D eigenvalue weighted by atomic mass is 32.2. The Morgan fingerprint density at radius 3 is 2.89 bits per heavy atom. The molecule has 3 nitrogen and oxygen atoms in total. The molecule has 0 spiro atoms. The maximum absolute atomic E-state index is 13.9. The van der Waals surface area contributed by atoms with Gasteiger partial charge in [-0.15, -0.1) is 0 Å². The number of benzene rings is 1. The molecule has 1 aromatic carbocycles. The molecule has 1 saturated heterocycles. The first kappa shape index (κ1) is 13.1. The van der Waals surface area contributed by atoms with E-state index < -0.39 is 0 Å². The fourth-order valence-electron chi connectivity index (χ4n) is 2.06. The van der Waals surface area contributed by atoms with Gasteiger partial charge in [-0.3, -0.25) is 9.59 Å². The summed E-state index contributed by atoms with van der Waals surface area (Å²) in [6.07, 6.45) is 0.289. The lowest BCUT2D eigenvalue weighted by Crippen LogP contribution is -2.26. The third kappa shape index (κ3) is 2.56. The van der Waals surface area contributed by atoms with Gasteiger partial charge in [-0.1, -0.05) is 23.9 Å². The topological polar surface area (TPSA) is 37.4 Å². The van der Waals surface area contributed by atoms with E-state index in [9.17, 15) is 14.0 Å². The Morgan fingerprint density at radius 2 is 2.22 bits per heavy atom. The monoisotopic (exact) mass is 267 g/mol. The van der Waals surface area contributed by atoms with Crippen LogP contribution >= 0.6 is 11.8 Å². The lowest BCUT2D eigenvalue weighted by Gasteiger charge is -2.18. The lowest BCUT2D eigenvalue weighted by molar-refractivity contribution is -0.117. The van der Waals surface area contributed by atoms with Crippen molar-refractivity contribution in [3.05, 3.63) is 29.6 Å². The van der Waals surface area contributed by atoms with Crippen molar-refractivity contribution in [3.8, 4) is 0 Å². The summed E-state index contributed by atoms with van der Waals surface area (Å²) in [5.74, 6) is -0.488. The number of halogens is 1. The van der Waals surface area contributed by atoms with Crippen LogP contribution < -0.4 is 4.90 Å². The molecule has 1 amide bonds. The highest BCUT2D eigenvalue weighted by Gasteiger charge is 2.33. The molecule has 0 bridgehead atoms. The van der Waals surface area contributed by atoms with Crippen LogP contribution in [0.5, 0.6) is 0 Å². The molecule has 1 fully saturated rings. The molecule has 5 heteroatoms. The molecule has 2 rings (SSSR count). The predicted molar refractivity (Wildman–Crippen MR) is 70.2 cm³/mol. The van der Waals surface area contributed by atoms with Gasteiger partial charge in [0.2, 0.25) is 5.91 Å². The Morgan fingerprint density at radius 1 is 1.50 bits per heavy atom. The minimum Gasteiger partial charge on any atom is -0.308 e. The van der Waals surface area contributed by atoms with Crippen LogP contribution in [0.25, 0.3) is 0 Å². The van der Waals surface area contributed by atoms with E-state index in [-0.39, 0.29) is 28.5 Å². The summed E-state index contributed by atoms with van der Waals surface area (Å²) in [4.78, 5) is 24.3. The van der Waals surface area contributed by atoms with Gasteiger partial charge in [0.05, 0.1) is 5.69 Å². The van der Waals surface area contributed by atoms with Crippen LogP contribution in [-0.4, -0.2) is 22.8 Å². The number of hydrogen-bond donors (Lipinski definition) is 0. The normalized spacial score (nSPS) is 19.4. The third-order valence-corrected chi connectivity index (χ3v) is 3.87. The first-order valence-electron chi connectivity index (χ1n) is 5.71. The summed E-state index contributed by atoms with van der Waals surface area (Å²) >= 11 is 1.15. The maximum atomic E-state index is 13.9. The second kappa shape index (κ2) is 5.10. The molecule has 1 aromatic rings. The molecule has 18 heavy (non-hydrogen) atoms. The fourth-order valence-corrected chi connectivity index (χ4v) is 2.98. The van der Waals surface area contributed by atoms with Gasteiger partial charge in [-0.25, -0.2) is 4.39 Å². The SMILES string of the molecule is CC(=O)SC1CC(=O)N(c2cccc(C)c2F)C1. The van der Waals surface area contributed by atoms with Crippen LogP contribution in [0.1, 0.15) is 18.9 Å². The van der Waals surface area contributed by atoms with Crippen molar-refractivity contribution < 1.29 is 14.0 Å². The number of anilines is 1. The molecule has 1 heterocycles. The van der Waals surface area contributed by atoms with Crippen molar-refractivity contribution in [2.45, 2.75) is 25.5 Å². The van der Waals surface area contributed by atoms with Gasteiger partial charge in [0.15, 0.2) is 5.12 Å². The number of nitrogens with zero attached hydrogens (tertiary/aromatic N) is 1. The summed E-state index contributed by atoms with van der Waals surface area (Å²) in [7, 11) is 0. The van der Waals surface area contributed by atoms with Crippen LogP contribution in [-0.2, 0) is 9.59 Å². The van der Waals surface area contributed by atoms with E-state index in [1.54, 1.807) is 25.1 Å². The number of aryl methyl sites for hydroxylation is 1. The van der Waals surface area contributed by atoms with E-state index in [0.717, 1.165) is 11.8 Å². The van der Waals surface area contributed by atoms with Gasteiger partial charge in [-0.2, -0.15) is 0 Å². The summed E-state index contributed by atoms with van der Waals surface area (Å²) < 4.78 is 13.9. The van der Waals surface area contributed by atoms with E-state index in [1.807, 2.05) is 0 Å². The number of thioether (sulfide) groups is 1. The van der Waals surface area contributed by atoms with Crippen molar-refractivity contribution >= 4 is 28.5 Å². The fraction of sp³-hybridized carbons (Fsp3) is 0.385. The molecule has 1 aliphatic rings. The molecule has 1 unspecified atom stereocenters. The lowest BCUT2D eigenvalue weighted by atomic mass is 10.2. The van der Waals surface area contributed by atoms with E-state index >= 15 is 0 Å². The van der Waals surface area contributed by atoms with Crippen molar-refractivity contribution in [1.82, 2.24) is 0 Å². The minimum atomic E-state index is -0.362. The Labute approximate surface area is 109 Å². The van der Waals surface area contributed by atoms with Gasteiger partial charge < -0.3 is 4.90 Å².